The molecule has 156 valence electrons. The maximum Gasteiger partial charge on any atom is 0.243 e. The Kier molecular flexibility index (Phi) is 6.39. The number of benzene rings is 3. The fraction of sp³-hybridized carbons (Fsp3) is 0.250. The molecule has 0 saturated carbocycles. The van der Waals surface area contributed by atoms with E-state index in [1.807, 2.05) is 19.1 Å². The van der Waals surface area contributed by atoms with Crippen molar-refractivity contribution in [2.45, 2.75) is 17.9 Å². The summed E-state index contributed by atoms with van der Waals surface area (Å²) in [5.41, 5.74) is 3.37. The van der Waals surface area contributed by atoms with Crippen LogP contribution in [0, 0.1) is 6.92 Å². The van der Waals surface area contributed by atoms with Gasteiger partial charge < -0.3 is 0 Å². The van der Waals surface area contributed by atoms with Gasteiger partial charge in [0.2, 0.25) is 10.0 Å². The summed E-state index contributed by atoms with van der Waals surface area (Å²) in [7, 11) is -3.49. The molecule has 0 aliphatic carbocycles. The van der Waals surface area contributed by atoms with Gasteiger partial charge in [0.25, 0.3) is 0 Å². The van der Waals surface area contributed by atoms with Crippen LogP contribution in [0.15, 0.2) is 88.2 Å². The normalized spacial score (nSPS) is 16.1. The quantitative estimate of drug-likeness (QED) is 0.519. The summed E-state index contributed by atoms with van der Waals surface area (Å²) in [6.45, 7) is 4.24. The lowest BCUT2D eigenvalue weighted by molar-refractivity contribution is 0.156. The van der Waals surface area contributed by atoms with E-state index in [4.69, 9.17) is 0 Å². The fourth-order valence-corrected chi connectivity index (χ4v) is 5.77. The van der Waals surface area contributed by atoms with Gasteiger partial charge >= 0.3 is 0 Å². The molecule has 0 aromatic heterocycles. The number of rotatable bonds is 5. The first-order valence-corrected chi connectivity index (χ1v) is 12.3. The van der Waals surface area contributed by atoms with Gasteiger partial charge in [0.15, 0.2) is 0 Å². The van der Waals surface area contributed by atoms with Gasteiger partial charge in [-0.1, -0.05) is 76.6 Å². The minimum absolute atomic E-state index is 0.118. The Morgan fingerprint density at radius 3 is 1.83 bits per heavy atom. The van der Waals surface area contributed by atoms with E-state index in [2.05, 4.69) is 69.4 Å². The summed E-state index contributed by atoms with van der Waals surface area (Å²) in [5, 5.41) is 0. The number of piperazine rings is 1. The number of sulfonamides is 1. The molecule has 0 N–H and O–H groups in total. The molecule has 3 aromatic rings. The molecule has 0 spiro atoms. The molecule has 0 radical (unpaired) electrons. The van der Waals surface area contributed by atoms with Gasteiger partial charge in [0.05, 0.1) is 10.9 Å². The average Bonchev–Trinajstić information content (AvgIpc) is 2.78. The van der Waals surface area contributed by atoms with E-state index in [0.717, 1.165) is 10.0 Å². The predicted molar refractivity (Wildman–Crippen MR) is 124 cm³/mol. The lowest BCUT2D eigenvalue weighted by atomic mass is 9.96. The molecule has 4 rings (SSSR count). The molecule has 1 aliphatic rings. The average molecular weight is 485 g/mol. The molecule has 1 saturated heterocycles. The zero-order chi connectivity index (χ0) is 21.1. The Bertz CT molecular complexity index is 1060. The SMILES string of the molecule is Cc1cc(S(=O)(=O)N2CCN(C(c3ccccc3)c3ccccc3)CC2)ccc1Br. The van der Waals surface area contributed by atoms with Gasteiger partial charge in [-0.15, -0.1) is 0 Å². The minimum Gasteiger partial charge on any atom is -0.290 e. The smallest absolute Gasteiger partial charge is 0.243 e. The highest BCUT2D eigenvalue weighted by Crippen LogP contribution is 2.31. The van der Waals surface area contributed by atoms with Crippen molar-refractivity contribution >= 4 is 26.0 Å². The topological polar surface area (TPSA) is 40.6 Å². The second-order valence-corrected chi connectivity index (χ2v) is 10.4. The van der Waals surface area contributed by atoms with Gasteiger partial charge in [0.1, 0.15) is 0 Å². The minimum atomic E-state index is -3.49. The summed E-state index contributed by atoms with van der Waals surface area (Å²) >= 11 is 3.45. The van der Waals surface area contributed by atoms with Gasteiger partial charge in [-0.3, -0.25) is 4.90 Å². The summed E-state index contributed by atoms with van der Waals surface area (Å²) in [4.78, 5) is 2.74. The Morgan fingerprint density at radius 2 is 1.33 bits per heavy atom. The van der Waals surface area contributed by atoms with Crippen LogP contribution >= 0.6 is 15.9 Å². The van der Waals surface area contributed by atoms with Crippen LogP contribution in [-0.2, 0) is 10.0 Å². The predicted octanol–water partition coefficient (Wildman–Crippen LogP) is 4.85. The molecule has 4 nitrogen and oxygen atoms in total. The lowest BCUT2D eigenvalue weighted by Crippen LogP contribution is -2.49. The number of halogens is 1. The maximum absolute atomic E-state index is 13.2. The highest BCUT2D eigenvalue weighted by atomic mass is 79.9. The third-order valence-corrected chi connectivity index (χ3v) is 8.42. The van der Waals surface area contributed by atoms with Gasteiger partial charge in [-0.05, 0) is 41.8 Å². The fourth-order valence-electron chi connectivity index (χ4n) is 4.01. The zero-order valence-electron chi connectivity index (χ0n) is 16.9. The standard InChI is InChI=1S/C24H25BrN2O2S/c1-19-18-22(12-13-23(19)25)30(28,29)27-16-14-26(15-17-27)24(20-8-4-2-5-9-20)21-10-6-3-7-11-21/h2-13,18,24H,14-17H2,1H3. The van der Waals surface area contributed by atoms with Crippen molar-refractivity contribution in [1.29, 1.82) is 0 Å². The van der Waals surface area contributed by atoms with E-state index in [-0.39, 0.29) is 6.04 Å². The van der Waals surface area contributed by atoms with E-state index in [1.54, 1.807) is 22.5 Å². The van der Waals surface area contributed by atoms with Crippen molar-refractivity contribution in [2.75, 3.05) is 26.2 Å². The summed E-state index contributed by atoms with van der Waals surface area (Å²) in [5.74, 6) is 0. The second-order valence-electron chi connectivity index (χ2n) is 7.57. The molecule has 6 heteroatoms. The third-order valence-electron chi connectivity index (χ3n) is 5.64. The van der Waals surface area contributed by atoms with E-state index < -0.39 is 10.0 Å². The van der Waals surface area contributed by atoms with E-state index >= 15 is 0 Å². The van der Waals surface area contributed by atoms with Crippen molar-refractivity contribution in [3.8, 4) is 0 Å². The molecule has 0 unspecified atom stereocenters. The molecule has 1 heterocycles. The molecule has 3 aromatic carbocycles. The number of hydrogen-bond acceptors (Lipinski definition) is 3. The van der Waals surface area contributed by atoms with E-state index in [9.17, 15) is 8.42 Å². The monoisotopic (exact) mass is 484 g/mol. The molecular weight excluding hydrogens is 460 g/mol. The summed E-state index contributed by atoms with van der Waals surface area (Å²) in [6.07, 6.45) is 0. The van der Waals surface area contributed by atoms with Crippen molar-refractivity contribution < 1.29 is 8.42 Å². The molecule has 0 bridgehead atoms. The van der Waals surface area contributed by atoms with Crippen LogP contribution in [-0.4, -0.2) is 43.8 Å². The van der Waals surface area contributed by atoms with Crippen LogP contribution in [0.4, 0.5) is 0 Å². The van der Waals surface area contributed by atoms with Crippen LogP contribution in [0.25, 0.3) is 0 Å². The zero-order valence-corrected chi connectivity index (χ0v) is 19.3. The first-order valence-electron chi connectivity index (χ1n) is 10.1. The van der Waals surface area contributed by atoms with E-state index in [1.165, 1.54) is 11.1 Å². The van der Waals surface area contributed by atoms with Gasteiger partial charge in [-0.25, -0.2) is 8.42 Å². The van der Waals surface area contributed by atoms with Crippen LogP contribution in [0.5, 0.6) is 0 Å². The Hall–Kier alpha value is -1.99. The molecule has 0 amide bonds. The Labute approximate surface area is 187 Å². The molecule has 1 aliphatic heterocycles. The molecule has 0 atom stereocenters. The highest BCUT2D eigenvalue weighted by molar-refractivity contribution is 9.10. The van der Waals surface area contributed by atoms with E-state index in [0.29, 0.717) is 31.1 Å². The first kappa shape index (κ1) is 21.2. The van der Waals surface area contributed by atoms with Crippen molar-refractivity contribution in [3.05, 3.63) is 100 Å². The first-order chi connectivity index (χ1) is 14.5. The highest BCUT2D eigenvalue weighted by Gasteiger charge is 2.32. The Balaban J connectivity index is 1.55. The number of aryl methyl sites for hydroxylation is 1. The summed E-state index contributed by atoms with van der Waals surface area (Å²) in [6, 6.07) is 26.2. The molecular formula is C24H25BrN2O2S. The molecule has 1 fully saturated rings. The lowest BCUT2D eigenvalue weighted by Gasteiger charge is -2.39. The van der Waals surface area contributed by atoms with Crippen LogP contribution in [0.2, 0.25) is 0 Å². The van der Waals surface area contributed by atoms with Gasteiger partial charge in [-0.2, -0.15) is 4.31 Å². The van der Waals surface area contributed by atoms with Gasteiger partial charge in [0, 0.05) is 30.7 Å². The van der Waals surface area contributed by atoms with Crippen LogP contribution < -0.4 is 0 Å². The third kappa shape index (κ3) is 4.37. The van der Waals surface area contributed by atoms with Crippen molar-refractivity contribution in [2.24, 2.45) is 0 Å². The number of nitrogens with zero attached hydrogens (tertiary/aromatic N) is 2. The van der Waals surface area contributed by atoms with Crippen LogP contribution in [0.3, 0.4) is 0 Å². The number of hydrogen-bond donors (Lipinski definition) is 0. The summed E-state index contributed by atoms with van der Waals surface area (Å²) < 4.78 is 28.8. The van der Waals surface area contributed by atoms with Crippen molar-refractivity contribution in [1.82, 2.24) is 9.21 Å². The molecule has 30 heavy (non-hydrogen) atoms. The van der Waals surface area contributed by atoms with Crippen LogP contribution in [0.1, 0.15) is 22.7 Å². The second kappa shape index (κ2) is 9.02. The largest absolute Gasteiger partial charge is 0.290 e. The van der Waals surface area contributed by atoms with Crippen molar-refractivity contribution in [3.63, 3.8) is 0 Å². The Morgan fingerprint density at radius 1 is 0.800 bits per heavy atom. The maximum atomic E-state index is 13.2.